The van der Waals surface area contributed by atoms with E-state index in [1.807, 2.05) is 0 Å². The lowest BCUT2D eigenvalue weighted by Gasteiger charge is -2.37. The number of fused-ring (bicyclic) bond motifs is 2. The number of allylic oxidation sites excluding steroid dienone is 2. The van der Waals surface area contributed by atoms with Gasteiger partial charge in [0.1, 0.15) is 0 Å². The molecule has 0 aromatic rings. The van der Waals surface area contributed by atoms with Gasteiger partial charge in [-0.25, -0.2) is 0 Å². The maximum Gasteiger partial charge on any atom is 0.0696 e. The highest BCUT2D eigenvalue weighted by molar-refractivity contribution is 5.09. The molecule has 1 heterocycles. The molecule has 4 atom stereocenters. The van der Waals surface area contributed by atoms with E-state index in [1.54, 1.807) is 0 Å². The fourth-order valence-electron chi connectivity index (χ4n) is 3.82. The van der Waals surface area contributed by atoms with Crippen LogP contribution < -0.4 is 0 Å². The normalized spacial score (nSPS) is 46.1. The summed E-state index contributed by atoms with van der Waals surface area (Å²) >= 11 is 0. The first-order valence-electron chi connectivity index (χ1n) is 6.71. The van der Waals surface area contributed by atoms with E-state index in [4.69, 9.17) is 4.74 Å². The molecule has 0 aromatic carbocycles. The lowest BCUT2D eigenvalue weighted by molar-refractivity contribution is -0.127. The van der Waals surface area contributed by atoms with Crippen molar-refractivity contribution < 1.29 is 4.74 Å². The molecule has 0 unspecified atom stereocenters. The van der Waals surface area contributed by atoms with Crippen LogP contribution in [0.4, 0.5) is 0 Å². The van der Waals surface area contributed by atoms with E-state index in [1.165, 1.54) is 24.8 Å². The van der Waals surface area contributed by atoms with Crippen molar-refractivity contribution in [3.05, 3.63) is 11.6 Å². The average molecular weight is 222 g/mol. The summed E-state index contributed by atoms with van der Waals surface area (Å²) in [5.74, 6) is 1.52. The molecule has 1 aliphatic carbocycles. The molecule has 0 aromatic heterocycles. The summed E-state index contributed by atoms with van der Waals surface area (Å²) in [6, 6.07) is 0. The topological polar surface area (TPSA) is 9.23 Å². The van der Waals surface area contributed by atoms with Gasteiger partial charge in [0.15, 0.2) is 0 Å². The van der Waals surface area contributed by atoms with Gasteiger partial charge in [0.2, 0.25) is 0 Å². The first-order chi connectivity index (χ1) is 7.37. The standard InChI is InChI=1S/C15H26O/c1-11(2)7-6-9-15(5)13-8-10-14(4,16-15)12(13)3/h7,12-13H,6,8-10H2,1-5H3/t12-,13+,14+,15+/m1/s1. The van der Waals surface area contributed by atoms with Crippen LogP contribution in [0.15, 0.2) is 11.6 Å². The highest BCUT2D eigenvalue weighted by Crippen LogP contribution is 2.58. The second-order valence-electron chi connectivity index (χ2n) is 6.48. The van der Waals surface area contributed by atoms with Crippen molar-refractivity contribution >= 4 is 0 Å². The number of rotatable bonds is 3. The van der Waals surface area contributed by atoms with Gasteiger partial charge in [0.25, 0.3) is 0 Å². The van der Waals surface area contributed by atoms with Crippen LogP contribution in [0.5, 0.6) is 0 Å². The van der Waals surface area contributed by atoms with Gasteiger partial charge in [-0.05, 0) is 65.2 Å². The van der Waals surface area contributed by atoms with E-state index < -0.39 is 0 Å². The van der Waals surface area contributed by atoms with Gasteiger partial charge >= 0.3 is 0 Å². The van der Waals surface area contributed by atoms with Crippen molar-refractivity contribution in [3.8, 4) is 0 Å². The highest BCUT2D eigenvalue weighted by Gasteiger charge is 2.59. The monoisotopic (exact) mass is 222 g/mol. The van der Waals surface area contributed by atoms with Gasteiger partial charge in [0, 0.05) is 0 Å². The van der Waals surface area contributed by atoms with Gasteiger partial charge in [-0.2, -0.15) is 0 Å². The van der Waals surface area contributed by atoms with Gasteiger partial charge in [-0.15, -0.1) is 0 Å². The smallest absolute Gasteiger partial charge is 0.0696 e. The lowest BCUT2D eigenvalue weighted by atomic mass is 9.80. The molecule has 1 aliphatic heterocycles. The fraction of sp³-hybridized carbons (Fsp3) is 0.867. The minimum absolute atomic E-state index is 0.137. The largest absolute Gasteiger partial charge is 0.369 e. The molecular formula is C15H26O. The fourth-order valence-corrected chi connectivity index (χ4v) is 3.82. The molecule has 0 N–H and O–H groups in total. The van der Waals surface area contributed by atoms with Crippen LogP contribution >= 0.6 is 0 Å². The molecule has 1 nitrogen and oxygen atoms in total. The van der Waals surface area contributed by atoms with Crippen molar-refractivity contribution in [2.45, 2.75) is 71.5 Å². The van der Waals surface area contributed by atoms with Crippen LogP contribution in [0.3, 0.4) is 0 Å². The molecule has 2 aliphatic rings. The van der Waals surface area contributed by atoms with Crippen molar-refractivity contribution in [3.63, 3.8) is 0 Å². The molecule has 0 amide bonds. The summed E-state index contributed by atoms with van der Waals surface area (Å²) in [5.41, 5.74) is 1.73. The quantitative estimate of drug-likeness (QED) is 0.646. The van der Waals surface area contributed by atoms with Gasteiger partial charge in [-0.3, -0.25) is 0 Å². The molecule has 1 saturated carbocycles. The second-order valence-corrected chi connectivity index (χ2v) is 6.48. The molecule has 2 bridgehead atoms. The van der Waals surface area contributed by atoms with E-state index in [0.29, 0.717) is 0 Å². The Morgan fingerprint density at radius 3 is 2.50 bits per heavy atom. The minimum Gasteiger partial charge on any atom is -0.369 e. The third-order valence-corrected chi connectivity index (χ3v) is 4.96. The predicted molar refractivity (Wildman–Crippen MR) is 68.4 cm³/mol. The highest BCUT2D eigenvalue weighted by atomic mass is 16.5. The van der Waals surface area contributed by atoms with E-state index in [2.05, 4.69) is 40.7 Å². The van der Waals surface area contributed by atoms with Crippen LogP contribution in [-0.4, -0.2) is 11.2 Å². The Kier molecular flexibility index (Phi) is 2.94. The molecule has 0 radical (unpaired) electrons. The van der Waals surface area contributed by atoms with E-state index >= 15 is 0 Å². The summed E-state index contributed by atoms with van der Waals surface area (Å²) in [7, 11) is 0. The summed E-state index contributed by atoms with van der Waals surface area (Å²) in [5, 5.41) is 0. The minimum atomic E-state index is 0.137. The zero-order valence-corrected chi connectivity index (χ0v) is 11.5. The molecule has 1 saturated heterocycles. The van der Waals surface area contributed by atoms with Crippen molar-refractivity contribution in [2.24, 2.45) is 11.8 Å². The Balaban J connectivity index is 2.03. The summed E-state index contributed by atoms with van der Waals surface area (Å²) < 4.78 is 6.40. The van der Waals surface area contributed by atoms with E-state index in [-0.39, 0.29) is 11.2 Å². The lowest BCUT2D eigenvalue weighted by Crippen LogP contribution is -2.38. The number of ether oxygens (including phenoxy) is 1. The van der Waals surface area contributed by atoms with Crippen LogP contribution in [0, 0.1) is 11.8 Å². The van der Waals surface area contributed by atoms with Crippen molar-refractivity contribution in [1.29, 1.82) is 0 Å². The first kappa shape index (κ1) is 12.2. The molecule has 2 fully saturated rings. The third kappa shape index (κ3) is 1.84. The number of hydrogen-bond acceptors (Lipinski definition) is 1. The summed E-state index contributed by atoms with van der Waals surface area (Å²) in [4.78, 5) is 0. The molecule has 1 heteroatoms. The third-order valence-electron chi connectivity index (χ3n) is 4.96. The van der Waals surface area contributed by atoms with Crippen molar-refractivity contribution in [1.82, 2.24) is 0 Å². The number of hydrogen-bond donors (Lipinski definition) is 0. The molecular weight excluding hydrogens is 196 g/mol. The Morgan fingerprint density at radius 1 is 1.38 bits per heavy atom. The van der Waals surface area contributed by atoms with Crippen molar-refractivity contribution in [2.75, 3.05) is 0 Å². The summed E-state index contributed by atoms with van der Waals surface area (Å²) in [6.07, 6.45) is 7.31. The second kappa shape index (κ2) is 3.87. The van der Waals surface area contributed by atoms with Gasteiger partial charge < -0.3 is 4.74 Å². The van der Waals surface area contributed by atoms with Crippen LogP contribution in [0.2, 0.25) is 0 Å². The van der Waals surface area contributed by atoms with Crippen LogP contribution in [0.1, 0.15) is 60.3 Å². The SMILES string of the molecule is CC(C)=CCC[C@]1(C)O[C@@]2(C)CC[C@H]1[C@H]2C. The van der Waals surface area contributed by atoms with Gasteiger partial charge in [-0.1, -0.05) is 18.6 Å². The average Bonchev–Trinajstić information content (AvgIpc) is 2.51. The Morgan fingerprint density at radius 2 is 2.06 bits per heavy atom. The van der Waals surface area contributed by atoms with E-state index in [9.17, 15) is 0 Å². The maximum atomic E-state index is 6.40. The molecule has 92 valence electrons. The van der Waals surface area contributed by atoms with E-state index in [0.717, 1.165) is 18.3 Å². The molecule has 0 spiro atoms. The zero-order chi connectivity index (χ0) is 12.0. The maximum absolute atomic E-state index is 6.40. The van der Waals surface area contributed by atoms with Crippen LogP contribution in [0.25, 0.3) is 0 Å². The Hall–Kier alpha value is -0.300. The Labute approximate surface area is 100 Å². The molecule has 2 rings (SSSR count). The molecule has 16 heavy (non-hydrogen) atoms. The Bertz CT molecular complexity index is 303. The van der Waals surface area contributed by atoms with Crippen LogP contribution in [-0.2, 0) is 4.74 Å². The zero-order valence-electron chi connectivity index (χ0n) is 11.5. The first-order valence-corrected chi connectivity index (χ1v) is 6.71. The van der Waals surface area contributed by atoms with Gasteiger partial charge in [0.05, 0.1) is 11.2 Å². The summed E-state index contributed by atoms with van der Waals surface area (Å²) in [6.45, 7) is 11.4. The predicted octanol–water partition coefficient (Wildman–Crippen LogP) is 4.33.